The van der Waals surface area contributed by atoms with E-state index in [9.17, 15) is 12.8 Å². The highest BCUT2D eigenvalue weighted by Crippen LogP contribution is 2.28. The maximum absolute atomic E-state index is 13.3. The minimum absolute atomic E-state index is 0.0513. The van der Waals surface area contributed by atoms with Gasteiger partial charge in [0.2, 0.25) is 0 Å². The van der Waals surface area contributed by atoms with Gasteiger partial charge in [-0.2, -0.15) is 0 Å². The lowest BCUT2D eigenvalue weighted by atomic mass is 10.2. The first kappa shape index (κ1) is 11.2. The van der Waals surface area contributed by atoms with Crippen molar-refractivity contribution in [2.75, 3.05) is 17.2 Å². The fraction of sp³-hybridized carbons (Fsp3) is 0.400. The third kappa shape index (κ3) is 2.27. The number of hydrogen-bond donors (Lipinski definition) is 1. The molecule has 1 aliphatic heterocycles. The quantitative estimate of drug-likeness (QED) is 0.788. The minimum atomic E-state index is -3.03. The van der Waals surface area contributed by atoms with Crippen molar-refractivity contribution in [3.8, 4) is 5.75 Å². The number of para-hydroxylation sites is 1. The van der Waals surface area contributed by atoms with Gasteiger partial charge in [0.25, 0.3) is 0 Å². The lowest BCUT2D eigenvalue weighted by molar-refractivity contribution is 0.220. The van der Waals surface area contributed by atoms with E-state index in [2.05, 4.69) is 0 Å². The molecule has 1 atom stereocenters. The fourth-order valence-electron chi connectivity index (χ4n) is 1.67. The molecule has 0 amide bonds. The predicted molar refractivity (Wildman–Crippen MR) is 58.5 cm³/mol. The summed E-state index contributed by atoms with van der Waals surface area (Å²) in [5, 5.41) is 0. The summed E-state index contributed by atoms with van der Waals surface area (Å²) in [4.78, 5) is 0. The first-order valence-electron chi connectivity index (χ1n) is 4.89. The molecule has 1 aliphatic rings. The van der Waals surface area contributed by atoms with Crippen LogP contribution in [0, 0.1) is 5.82 Å². The summed E-state index contributed by atoms with van der Waals surface area (Å²) in [7, 11) is -3.03. The van der Waals surface area contributed by atoms with E-state index in [4.69, 9.17) is 10.5 Å². The molecule has 1 saturated heterocycles. The number of sulfone groups is 1. The Hall–Kier alpha value is -1.30. The highest BCUT2D eigenvalue weighted by atomic mass is 32.2. The monoisotopic (exact) mass is 245 g/mol. The van der Waals surface area contributed by atoms with Gasteiger partial charge in [-0.1, -0.05) is 6.07 Å². The van der Waals surface area contributed by atoms with Crippen molar-refractivity contribution in [1.29, 1.82) is 0 Å². The number of rotatable bonds is 2. The van der Waals surface area contributed by atoms with E-state index in [1.165, 1.54) is 18.2 Å². The highest BCUT2D eigenvalue weighted by molar-refractivity contribution is 7.91. The smallest absolute Gasteiger partial charge is 0.178 e. The third-order valence-corrected chi connectivity index (χ3v) is 4.21. The molecule has 1 aromatic rings. The van der Waals surface area contributed by atoms with Crippen LogP contribution in [0.5, 0.6) is 5.75 Å². The lowest BCUT2D eigenvalue weighted by Crippen LogP contribution is -2.19. The van der Waals surface area contributed by atoms with Crippen molar-refractivity contribution in [2.45, 2.75) is 12.5 Å². The summed E-state index contributed by atoms with van der Waals surface area (Å²) in [5.74, 6) is -0.596. The highest BCUT2D eigenvalue weighted by Gasteiger charge is 2.30. The number of benzene rings is 1. The zero-order chi connectivity index (χ0) is 11.8. The second kappa shape index (κ2) is 3.93. The fourth-order valence-corrected chi connectivity index (χ4v) is 3.26. The molecular weight excluding hydrogens is 233 g/mol. The number of nitrogens with two attached hydrogens (primary N) is 1. The van der Waals surface area contributed by atoms with Crippen LogP contribution in [0.15, 0.2) is 18.2 Å². The lowest BCUT2D eigenvalue weighted by Gasteiger charge is -2.14. The molecule has 16 heavy (non-hydrogen) atoms. The molecule has 0 spiro atoms. The third-order valence-electron chi connectivity index (χ3n) is 2.47. The zero-order valence-corrected chi connectivity index (χ0v) is 9.34. The van der Waals surface area contributed by atoms with E-state index in [-0.39, 0.29) is 22.9 Å². The van der Waals surface area contributed by atoms with Crippen LogP contribution in [0.2, 0.25) is 0 Å². The summed E-state index contributed by atoms with van der Waals surface area (Å²) in [6.45, 7) is 0. The standard InChI is InChI=1S/C10H12FNO3S/c11-8-2-1-3-9(12)10(8)15-7-4-5-16(13,14)6-7/h1-3,7H,4-6,12H2. The van der Waals surface area contributed by atoms with E-state index in [0.717, 1.165) is 0 Å². The number of ether oxygens (including phenoxy) is 1. The first-order valence-corrected chi connectivity index (χ1v) is 6.71. The SMILES string of the molecule is Nc1cccc(F)c1OC1CCS(=O)(=O)C1. The molecule has 6 heteroatoms. The zero-order valence-electron chi connectivity index (χ0n) is 8.52. The normalized spacial score (nSPS) is 23.2. The Morgan fingerprint density at radius 3 is 2.75 bits per heavy atom. The number of halogens is 1. The molecule has 4 nitrogen and oxygen atoms in total. The van der Waals surface area contributed by atoms with Gasteiger partial charge in [-0.15, -0.1) is 0 Å². The second-order valence-electron chi connectivity index (χ2n) is 3.80. The van der Waals surface area contributed by atoms with Gasteiger partial charge in [0.05, 0.1) is 17.2 Å². The number of hydrogen-bond acceptors (Lipinski definition) is 4. The van der Waals surface area contributed by atoms with Gasteiger partial charge >= 0.3 is 0 Å². The summed E-state index contributed by atoms with van der Waals surface area (Å²) in [5.41, 5.74) is 5.74. The van der Waals surface area contributed by atoms with Crippen LogP contribution in [0.25, 0.3) is 0 Å². The average Bonchev–Trinajstić information content (AvgIpc) is 2.52. The molecule has 1 fully saturated rings. The van der Waals surface area contributed by atoms with Gasteiger partial charge < -0.3 is 10.5 Å². The first-order chi connectivity index (χ1) is 7.48. The Morgan fingerprint density at radius 2 is 2.19 bits per heavy atom. The molecule has 0 aliphatic carbocycles. The van der Waals surface area contributed by atoms with Crippen LogP contribution < -0.4 is 10.5 Å². The summed E-state index contributed by atoms with van der Waals surface area (Å²) in [6, 6.07) is 4.22. The predicted octanol–water partition coefficient (Wildman–Crippen LogP) is 0.974. The van der Waals surface area contributed by atoms with E-state index in [1.807, 2.05) is 0 Å². The molecule has 2 rings (SSSR count). The topological polar surface area (TPSA) is 69.4 Å². The summed E-state index contributed by atoms with van der Waals surface area (Å²) in [6.07, 6.45) is -0.111. The van der Waals surface area contributed by atoms with Gasteiger partial charge in [0, 0.05) is 0 Å². The number of anilines is 1. The van der Waals surface area contributed by atoms with Crippen molar-refractivity contribution in [1.82, 2.24) is 0 Å². The van der Waals surface area contributed by atoms with Gasteiger partial charge in [0.15, 0.2) is 21.4 Å². The molecule has 0 bridgehead atoms. The molecule has 88 valence electrons. The molecule has 1 aromatic carbocycles. The molecule has 1 unspecified atom stereocenters. The van der Waals surface area contributed by atoms with Gasteiger partial charge in [-0.05, 0) is 18.6 Å². The van der Waals surface area contributed by atoms with Crippen molar-refractivity contribution in [3.63, 3.8) is 0 Å². The van der Waals surface area contributed by atoms with Crippen LogP contribution in [0.4, 0.5) is 10.1 Å². The van der Waals surface area contributed by atoms with Crippen molar-refractivity contribution in [2.24, 2.45) is 0 Å². The van der Waals surface area contributed by atoms with Gasteiger partial charge in [0.1, 0.15) is 6.10 Å². The van der Waals surface area contributed by atoms with E-state index < -0.39 is 21.8 Å². The Balaban J connectivity index is 2.16. The Labute approximate surface area is 93.1 Å². The van der Waals surface area contributed by atoms with Crippen molar-refractivity contribution >= 4 is 15.5 Å². The number of nitrogen functional groups attached to an aromatic ring is 1. The minimum Gasteiger partial charge on any atom is -0.484 e. The van der Waals surface area contributed by atoms with Crippen LogP contribution in [0.1, 0.15) is 6.42 Å². The van der Waals surface area contributed by atoms with Gasteiger partial charge in [-0.25, -0.2) is 12.8 Å². The summed E-state index contributed by atoms with van der Waals surface area (Å²) < 4.78 is 41.0. The molecule has 1 heterocycles. The van der Waals surface area contributed by atoms with Gasteiger partial charge in [-0.3, -0.25) is 0 Å². The Morgan fingerprint density at radius 1 is 1.44 bits per heavy atom. The Bertz CT molecular complexity index is 481. The molecule has 2 N–H and O–H groups in total. The maximum atomic E-state index is 13.3. The van der Waals surface area contributed by atoms with Crippen molar-refractivity contribution < 1.29 is 17.5 Å². The van der Waals surface area contributed by atoms with Crippen LogP contribution in [-0.4, -0.2) is 26.0 Å². The van der Waals surface area contributed by atoms with Crippen LogP contribution in [0.3, 0.4) is 0 Å². The maximum Gasteiger partial charge on any atom is 0.178 e. The summed E-state index contributed by atoms with van der Waals surface area (Å²) >= 11 is 0. The average molecular weight is 245 g/mol. The molecule has 0 saturated carbocycles. The second-order valence-corrected chi connectivity index (χ2v) is 6.03. The van der Waals surface area contributed by atoms with Crippen LogP contribution in [-0.2, 0) is 9.84 Å². The largest absolute Gasteiger partial charge is 0.484 e. The van der Waals surface area contributed by atoms with E-state index in [1.54, 1.807) is 0 Å². The van der Waals surface area contributed by atoms with Crippen molar-refractivity contribution in [3.05, 3.63) is 24.0 Å². The Kier molecular flexibility index (Phi) is 2.75. The molecule has 0 radical (unpaired) electrons. The van der Waals surface area contributed by atoms with E-state index >= 15 is 0 Å². The van der Waals surface area contributed by atoms with E-state index in [0.29, 0.717) is 6.42 Å². The molecule has 0 aromatic heterocycles. The van der Waals surface area contributed by atoms with Crippen LogP contribution >= 0.6 is 0 Å². The molecular formula is C10H12FNO3S.